The van der Waals surface area contributed by atoms with Gasteiger partial charge in [0.05, 0.1) is 72.7 Å². The molecule has 14 aromatic rings. The van der Waals surface area contributed by atoms with E-state index < -0.39 is 34.6 Å². The first-order chi connectivity index (χ1) is 34.8. The van der Waals surface area contributed by atoms with E-state index in [0.29, 0.717) is 22.1 Å². The van der Waals surface area contributed by atoms with Crippen molar-refractivity contribution in [1.82, 2.24) is 18.3 Å². The molecule has 0 saturated carbocycles. The molecular formula is C61H32F5N5. The minimum atomic E-state index is -2.28. The minimum absolute atomic E-state index is 0.0299. The van der Waals surface area contributed by atoms with Crippen molar-refractivity contribution in [3.63, 3.8) is 0 Å². The lowest BCUT2D eigenvalue weighted by atomic mass is 9.96. The maximum atomic E-state index is 17.3. The second-order valence-electron chi connectivity index (χ2n) is 17.7. The summed E-state index contributed by atoms with van der Waals surface area (Å²) in [5.41, 5.74) is 6.23. The molecule has 14 rings (SSSR count). The van der Waals surface area contributed by atoms with Crippen LogP contribution >= 0.6 is 0 Å². The lowest BCUT2D eigenvalue weighted by molar-refractivity contribution is 0.381. The van der Waals surface area contributed by atoms with E-state index in [2.05, 4.69) is 15.2 Å². The number of hydrogen-bond acceptors (Lipinski definition) is 1. The number of nitrogens with zero attached hydrogens (tertiary/aromatic N) is 5. The molecule has 10 heteroatoms. The molecule has 0 aliphatic rings. The topological polar surface area (TPSA) is 43.5 Å². The van der Waals surface area contributed by atoms with E-state index in [0.717, 1.165) is 76.5 Å². The second-order valence-corrected chi connectivity index (χ2v) is 17.7. The zero-order valence-corrected chi connectivity index (χ0v) is 37.1. The van der Waals surface area contributed by atoms with Gasteiger partial charge in [-0.15, -0.1) is 0 Å². The van der Waals surface area contributed by atoms with Crippen LogP contribution in [0.5, 0.6) is 0 Å². The Kier molecular flexibility index (Phi) is 8.59. The van der Waals surface area contributed by atoms with Gasteiger partial charge >= 0.3 is 0 Å². The number of halogens is 5. The highest BCUT2D eigenvalue weighted by Crippen LogP contribution is 2.49. The molecule has 0 bridgehead atoms. The first-order valence-corrected chi connectivity index (χ1v) is 23.0. The van der Waals surface area contributed by atoms with E-state index in [-0.39, 0.29) is 22.5 Å². The number of aromatic nitrogens is 4. The molecule has 0 atom stereocenters. The van der Waals surface area contributed by atoms with Gasteiger partial charge in [0, 0.05) is 60.0 Å². The summed E-state index contributed by atoms with van der Waals surface area (Å²) >= 11 is 0. The largest absolute Gasteiger partial charge is 0.309 e. The van der Waals surface area contributed by atoms with Crippen LogP contribution in [0.4, 0.5) is 22.0 Å². The number of fused-ring (bicyclic) bond motifs is 14. The van der Waals surface area contributed by atoms with Gasteiger partial charge in [-0.05, 0) is 72.8 Å². The number of rotatable bonds is 5. The zero-order chi connectivity index (χ0) is 47.8. The highest BCUT2D eigenvalue weighted by atomic mass is 19.2. The van der Waals surface area contributed by atoms with Gasteiger partial charge in [0.15, 0.2) is 23.3 Å². The molecule has 0 unspecified atom stereocenters. The first-order valence-electron chi connectivity index (χ1n) is 23.0. The number of para-hydroxylation sites is 6. The highest BCUT2D eigenvalue weighted by molar-refractivity contribution is 6.28. The third-order valence-electron chi connectivity index (χ3n) is 14.1. The van der Waals surface area contributed by atoms with E-state index >= 15 is 22.0 Å². The standard InChI is InChI=1S/C61H32F5N5/c62-55-54(56(63)58(65)59(66)57(55)64)53-49(70-43-23-11-7-19-37(43)39-27-29-47-51(60(39)70)41-21-9-13-25-45(41)68(47)35-15-3-1-4-16-35)31-34(33-67)32-50(53)71-44-24-12-8-20-38(44)40-28-30-48-52(61(40)71)42-22-10-14-26-46(42)69(48)36-17-5-2-6-18-36/h1-32H. The van der Waals surface area contributed by atoms with Crippen LogP contribution < -0.4 is 0 Å². The Morgan fingerprint density at radius 3 is 1.07 bits per heavy atom. The minimum Gasteiger partial charge on any atom is -0.309 e. The molecule has 0 radical (unpaired) electrons. The van der Waals surface area contributed by atoms with Gasteiger partial charge in [-0.2, -0.15) is 5.26 Å². The third kappa shape index (κ3) is 5.48. The maximum Gasteiger partial charge on any atom is 0.200 e. The van der Waals surface area contributed by atoms with Gasteiger partial charge in [-0.3, -0.25) is 0 Å². The smallest absolute Gasteiger partial charge is 0.200 e. The monoisotopic (exact) mass is 929 g/mol. The molecule has 0 fully saturated rings. The maximum absolute atomic E-state index is 17.3. The van der Waals surface area contributed by atoms with Gasteiger partial charge < -0.3 is 18.3 Å². The van der Waals surface area contributed by atoms with Crippen LogP contribution in [0.15, 0.2) is 194 Å². The molecule has 0 aliphatic carbocycles. The second kappa shape index (κ2) is 15.0. The van der Waals surface area contributed by atoms with E-state index in [1.165, 1.54) is 12.1 Å². The molecule has 71 heavy (non-hydrogen) atoms. The van der Waals surface area contributed by atoms with Crippen molar-refractivity contribution in [1.29, 1.82) is 5.26 Å². The summed E-state index contributed by atoms with van der Waals surface area (Å²) in [7, 11) is 0. The van der Waals surface area contributed by atoms with Crippen LogP contribution in [0.3, 0.4) is 0 Å². The van der Waals surface area contributed by atoms with E-state index in [4.69, 9.17) is 0 Å². The van der Waals surface area contributed by atoms with Crippen LogP contribution in [-0.2, 0) is 0 Å². The summed E-state index contributed by atoms with van der Waals surface area (Å²) in [4.78, 5) is 0. The van der Waals surface area contributed by atoms with Crippen molar-refractivity contribution in [2.45, 2.75) is 0 Å². The highest BCUT2D eigenvalue weighted by Gasteiger charge is 2.34. The van der Waals surface area contributed by atoms with Crippen molar-refractivity contribution < 1.29 is 22.0 Å². The molecule has 336 valence electrons. The molecule has 0 N–H and O–H groups in total. The average Bonchev–Trinajstić information content (AvgIpc) is 4.16. The van der Waals surface area contributed by atoms with Gasteiger partial charge in [0.25, 0.3) is 0 Å². The van der Waals surface area contributed by atoms with Crippen molar-refractivity contribution >= 4 is 87.2 Å². The number of benzene rings is 10. The Bertz CT molecular complexity index is 4370. The molecule has 0 aliphatic heterocycles. The summed E-state index contributed by atoms with van der Waals surface area (Å²) in [6, 6.07) is 64.0. The first kappa shape index (κ1) is 40.6. The van der Waals surface area contributed by atoms with Gasteiger partial charge in [-0.1, -0.05) is 121 Å². The fraction of sp³-hybridized carbons (Fsp3) is 0. The Morgan fingerprint density at radius 2 is 0.662 bits per heavy atom. The fourth-order valence-electron chi connectivity index (χ4n) is 11.3. The van der Waals surface area contributed by atoms with Crippen molar-refractivity contribution in [2.75, 3.05) is 0 Å². The summed E-state index contributed by atoms with van der Waals surface area (Å²) in [6.45, 7) is 0. The Hall–Kier alpha value is -9.46. The summed E-state index contributed by atoms with van der Waals surface area (Å²) in [6.07, 6.45) is 0. The molecular weight excluding hydrogens is 898 g/mol. The fourth-order valence-corrected chi connectivity index (χ4v) is 11.3. The quantitative estimate of drug-likeness (QED) is 0.0963. The van der Waals surface area contributed by atoms with Gasteiger partial charge in [0.2, 0.25) is 5.82 Å². The molecule has 0 amide bonds. The van der Waals surface area contributed by atoms with Gasteiger partial charge in [-0.25, -0.2) is 22.0 Å². The molecule has 4 heterocycles. The number of hydrogen-bond donors (Lipinski definition) is 0. The Morgan fingerprint density at radius 1 is 0.310 bits per heavy atom. The van der Waals surface area contributed by atoms with Crippen LogP contribution in [0.2, 0.25) is 0 Å². The van der Waals surface area contributed by atoms with E-state index in [1.54, 1.807) is 0 Å². The van der Waals surface area contributed by atoms with Crippen molar-refractivity contribution in [3.05, 3.63) is 229 Å². The summed E-state index contributed by atoms with van der Waals surface area (Å²) in [5, 5.41) is 17.4. The predicted octanol–water partition coefficient (Wildman–Crippen LogP) is 16.3. The molecule has 0 saturated heterocycles. The van der Waals surface area contributed by atoms with E-state index in [1.807, 2.05) is 191 Å². The lowest BCUT2D eigenvalue weighted by Crippen LogP contribution is -2.10. The summed E-state index contributed by atoms with van der Waals surface area (Å²) < 4.78 is 89.9. The summed E-state index contributed by atoms with van der Waals surface area (Å²) in [5.74, 6) is -10.5. The third-order valence-corrected chi connectivity index (χ3v) is 14.1. The Labute approximate surface area is 399 Å². The average molecular weight is 930 g/mol. The lowest BCUT2D eigenvalue weighted by Gasteiger charge is -2.22. The van der Waals surface area contributed by atoms with Crippen LogP contribution in [0.25, 0.3) is 121 Å². The normalized spacial score (nSPS) is 12.0. The predicted molar refractivity (Wildman–Crippen MR) is 274 cm³/mol. The van der Waals surface area contributed by atoms with E-state index in [9.17, 15) is 5.26 Å². The Balaban J connectivity index is 1.24. The van der Waals surface area contributed by atoms with Crippen molar-refractivity contribution in [2.24, 2.45) is 0 Å². The van der Waals surface area contributed by atoms with Crippen LogP contribution in [-0.4, -0.2) is 18.3 Å². The SMILES string of the molecule is N#Cc1cc(-n2c3ccccc3c3ccc4c(c5ccccc5n4-c4ccccc4)c32)c(-c2c(F)c(F)c(F)c(F)c2F)c(-n2c3ccccc3c3ccc4c(c5ccccc5n4-c4ccccc4)c32)c1. The molecule has 10 aromatic carbocycles. The van der Waals surface area contributed by atoms with Crippen LogP contribution in [0.1, 0.15) is 5.56 Å². The number of nitriles is 1. The molecule has 0 spiro atoms. The van der Waals surface area contributed by atoms with Crippen molar-refractivity contribution in [3.8, 4) is 39.9 Å². The molecule has 4 aromatic heterocycles. The van der Waals surface area contributed by atoms with Crippen LogP contribution in [0, 0.1) is 40.4 Å². The molecule has 5 nitrogen and oxygen atoms in total. The zero-order valence-electron chi connectivity index (χ0n) is 37.1. The van der Waals surface area contributed by atoms with Gasteiger partial charge in [0.1, 0.15) is 0 Å².